The molecule has 0 aliphatic rings. The summed E-state index contributed by atoms with van der Waals surface area (Å²) in [6.45, 7) is 2.59. The van der Waals surface area contributed by atoms with Crippen LogP contribution in [0.25, 0.3) is 0 Å². The van der Waals surface area contributed by atoms with Crippen LogP contribution in [0.5, 0.6) is 11.5 Å². The third kappa shape index (κ3) is 5.68. The fraction of sp³-hybridized carbons (Fsp3) is 0.368. The van der Waals surface area contributed by atoms with E-state index in [-0.39, 0.29) is 10.8 Å². The monoisotopic (exact) mass is 458 g/mol. The maximum Gasteiger partial charge on any atom is 0.294 e. The van der Waals surface area contributed by atoms with Crippen molar-refractivity contribution < 1.29 is 27.2 Å². The van der Waals surface area contributed by atoms with Crippen LogP contribution < -0.4 is 9.47 Å². The van der Waals surface area contributed by atoms with Gasteiger partial charge in [0.2, 0.25) is 0 Å². The van der Waals surface area contributed by atoms with Gasteiger partial charge in [-0.05, 0) is 47.9 Å². The van der Waals surface area contributed by atoms with E-state index in [2.05, 4.69) is 15.9 Å². The Morgan fingerprint density at radius 2 is 1.78 bits per heavy atom. The number of benzene rings is 2. The molecule has 2 aromatic rings. The number of hydrogen-bond acceptors (Lipinski definition) is 5. The molecule has 0 saturated carbocycles. The molecule has 0 aliphatic carbocycles. The smallest absolute Gasteiger partial charge is 0.294 e. The van der Waals surface area contributed by atoms with Gasteiger partial charge in [-0.15, -0.1) is 0 Å². The molecule has 0 aliphatic heterocycles. The second-order valence-corrected chi connectivity index (χ2v) is 8.27. The van der Waals surface area contributed by atoms with Gasteiger partial charge in [0.15, 0.2) is 11.5 Å². The van der Waals surface area contributed by atoms with Crippen LogP contribution in [0.15, 0.2) is 45.8 Å². The minimum absolute atomic E-state index is 0.0905. The van der Waals surface area contributed by atoms with Gasteiger partial charge in [0.1, 0.15) is 0 Å². The fourth-order valence-electron chi connectivity index (χ4n) is 2.79. The van der Waals surface area contributed by atoms with Gasteiger partial charge in [0.05, 0.1) is 32.3 Å². The van der Waals surface area contributed by atoms with Crippen molar-refractivity contribution in [3.05, 3.63) is 52.0 Å². The molecule has 0 saturated heterocycles. The van der Waals surface area contributed by atoms with Crippen LogP contribution in [0, 0.1) is 0 Å². The molecule has 0 radical (unpaired) electrons. The van der Waals surface area contributed by atoms with Gasteiger partial charge in [0.25, 0.3) is 10.1 Å². The van der Waals surface area contributed by atoms with Crippen LogP contribution >= 0.6 is 15.9 Å². The Kier molecular flexibility index (Phi) is 7.67. The maximum atomic E-state index is 11.7. The third-order valence-electron chi connectivity index (χ3n) is 4.22. The van der Waals surface area contributed by atoms with Crippen LogP contribution in [-0.4, -0.2) is 33.8 Å². The topological polar surface area (TPSA) is 82.1 Å². The van der Waals surface area contributed by atoms with E-state index in [1.807, 2.05) is 19.1 Å². The molecule has 0 heterocycles. The Morgan fingerprint density at radius 1 is 1.07 bits per heavy atom. The van der Waals surface area contributed by atoms with Crippen LogP contribution in [0.1, 0.15) is 30.4 Å². The van der Waals surface area contributed by atoms with E-state index < -0.39 is 10.1 Å². The van der Waals surface area contributed by atoms with Crippen molar-refractivity contribution in [3.63, 3.8) is 0 Å². The van der Waals surface area contributed by atoms with Crippen LogP contribution in [0.4, 0.5) is 0 Å². The number of rotatable bonds is 9. The largest absolute Gasteiger partial charge is 0.493 e. The van der Waals surface area contributed by atoms with Gasteiger partial charge in [-0.1, -0.05) is 28.9 Å². The molecular weight excluding hydrogens is 436 g/mol. The second kappa shape index (κ2) is 9.54. The highest BCUT2D eigenvalue weighted by Gasteiger charge is 2.22. The van der Waals surface area contributed by atoms with Crippen LogP contribution in [-0.2, 0) is 21.5 Å². The highest BCUT2D eigenvalue weighted by atomic mass is 79.9. The van der Waals surface area contributed by atoms with Crippen molar-refractivity contribution in [1.29, 1.82) is 0 Å². The lowest BCUT2D eigenvalue weighted by Gasteiger charge is -2.19. The summed E-state index contributed by atoms with van der Waals surface area (Å²) in [4.78, 5) is -0.0905. The lowest BCUT2D eigenvalue weighted by molar-refractivity contribution is 0.105. The lowest BCUT2D eigenvalue weighted by atomic mass is 9.97. The summed E-state index contributed by atoms with van der Waals surface area (Å²) in [5.74, 6) is 1.07. The molecule has 0 fully saturated rings. The van der Waals surface area contributed by atoms with Gasteiger partial charge >= 0.3 is 0 Å². The molecule has 1 unspecified atom stereocenters. The van der Waals surface area contributed by atoms with Crippen molar-refractivity contribution in [1.82, 2.24) is 0 Å². The molecule has 1 atom stereocenters. The standard InChI is InChI=1S/C19H23BrO6S/c1-4-14(16-10-15(20)6-8-19(16)27(21,22)23)12-26-11-13-5-7-17(24-2)18(9-13)25-3/h5-10,14H,4,11-12H2,1-3H3,(H,21,22,23). The fourth-order valence-corrected chi connectivity index (χ4v) is 3.93. The molecule has 0 spiro atoms. The van der Waals surface area contributed by atoms with E-state index in [1.165, 1.54) is 6.07 Å². The highest BCUT2D eigenvalue weighted by Crippen LogP contribution is 2.31. The SMILES string of the molecule is CCC(COCc1ccc(OC)c(OC)c1)c1cc(Br)ccc1S(=O)(=O)O. The quantitative estimate of drug-likeness (QED) is 0.559. The summed E-state index contributed by atoms with van der Waals surface area (Å²) in [5.41, 5.74) is 1.44. The normalized spacial score (nSPS) is 12.6. The first-order chi connectivity index (χ1) is 12.8. The summed E-state index contributed by atoms with van der Waals surface area (Å²) in [6.07, 6.45) is 0.658. The van der Waals surface area contributed by atoms with Gasteiger partial charge in [0, 0.05) is 10.4 Å². The Balaban J connectivity index is 2.14. The first-order valence-electron chi connectivity index (χ1n) is 8.35. The molecule has 1 N–H and O–H groups in total. The van der Waals surface area contributed by atoms with Crippen molar-refractivity contribution in [2.75, 3.05) is 20.8 Å². The average molecular weight is 459 g/mol. The first-order valence-corrected chi connectivity index (χ1v) is 10.6. The predicted octanol–water partition coefficient (Wildman–Crippen LogP) is 4.42. The molecule has 0 aromatic heterocycles. The molecule has 148 valence electrons. The lowest BCUT2D eigenvalue weighted by Crippen LogP contribution is -2.12. The molecule has 2 rings (SSSR count). The van der Waals surface area contributed by atoms with Crippen molar-refractivity contribution in [2.45, 2.75) is 30.8 Å². The van der Waals surface area contributed by atoms with Crippen molar-refractivity contribution >= 4 is 26.0 Å². The van der Waals surface area contributed by atoms with E-state index in [9.17, 15) is 13.0 Å². The number of methoxy groups -OCH3 is 2. The third-order valence-corrected chi connectivity index (χ3v) is 5.64. The zero-order chi connectivity index (χ0) is 20.0. The zero-order valence-corrected chi connectivity index (χ0v) is 17.8. The summed E-state index contributed by atoms with van der Waals surface area (Å²) in [6, 6.07) is 10.2. The molecule has 0 amide bonds. The van der Waals surface area contributed by atoms with Gasteiger partial charge in [-0.25, -0.2) is 0 Å². The van der Waals surface area contributed by atoms with E-state index in [1.54, 1.807) is 32.4 Å². The van der Waals surface area contributed by atoms with Gasteiger partial charge < -0.3 is 14.2 Å². The Bertz CT molecular complexity index is 882. The summed E-state index contributed by atoms with van der Waals surface area (Å²) in [7, 11) is -1.16. The van der Waals surface area contributed by atoms with Gasteiger partial charge in [-0.2, -0.15) is 8.42 Å². The molecular formula is C19H23BrO6S. The van der Waals surface area contributed by atoms with Crippen molar-refractivity contribution in [3.8, 4) is 11.5 Å². The number of hydrogen-bond donors (Lipinski definition) is 1. The van der Waals surface area contributed by atoms with E-state index >= 15 is 0 Å². The summed E-state index contributed by atoms with van der Waals surface area (Å²) >= 11 is 3.35. The van der Waals surface area contributed by atoms with Gasteiger partial charge in [-0.3, -0.25) is 4.55 Å². The summed E-state index contributed by atoms with van der Waals surface area (Å²) < 4.78 is 49.9. The predicted molar refractivity (Wildman–Crippen MR) is 106 cm³/mol. The van der Waals surface area contributed by atoms with E-state index in [0.717, 1.165) is 10.0 Å². The Labute approximate surface area is 168 Å². The highest BCUT2D eigenvalue weighted by molar-refractivity contribution is 9.10. The molecule has 8 heteroatoms. The molecule has 6 nitrogen and oxygen atoms in total. The summed E-state index contributed by atoms with van der Waals surface area (Å²) in [5, 5.41) is 0. The number of ether oxygens (including phenoxy) is 3. The average Bonchev–Trinajstić information content (AvgIpc) is 2.64. The second-order valence-electron chi connectivity index (χ2n) is 5.97. The first kappa shape index (κ1) is 21.7. The zero-order valence-electron chi connectivity index (χ0n) is 15.4. The van der Waals surface area contributed by atoms with E-state index in [0.29, 0.717) is 36.7 Å². The van der Waals surface area contributed by atoms with Crippen LogP contribution in [0.3, 0.4) is 0 Å². The Morgan fingerprint density at radius 3 is 2.37 bits per heavy atom. The Hall–Kier alpha value is -1.61. The number of halogens is 1. The van der Waals surface area contributed by atoms with Crippen LogP contribution in [0.2, 0.25) is 0 Å². The minimum atomic E-state index is -4.31. The molecule has 2 aromatic carbocycles. The molecule has 0 bridgehead atoms. The minimum Gasteiger partial charge on any atom is -0.493 e. The van der Waals surface area contributed by atoms with Crippen molar-refractivity contribution in [2.24, 2.45) is 0 Å². The maximum absolute atomic E-state index is 11.7. The molecule has 27 heavy (non-hydrogen) atoms. The van der Waals surface area contributed by atoms with E-state index in [4.69, 9.17) is 14.2 Å².